The van der Waals surface area contributed by atoms with Gasteiger partial charge in [0.05, 0.1) is 0 Å². The Morgan fingerprint density at radius 1 is 0.0909 bits per heavy atom. The van der Waals surface area contributed by atoms with Crippen LogP contribution in [0.25, 0.3) is 55.6 Å². The topological polar surface area (TPSA) is 0 Å². The monoisotopic (exact) mass is 1120 g/mol. The Balaban J connectivity index is 0.718. The SMILES string of the molecule is c1ccc(-c2ccc(C(c3ccccc3)c3ccc(-c4ccc(C(c5ccc(-c6ccccc6)cc5)c5ccc(-c6ccc(C(c7ccccc7)c7ccc(-c8ccc(C(c9ccccc9)c9ccccc9)cc8)cc7)cc6)cc5)cc4)cc3)cc2)cc1. The lowest BCUT2D eigenvalue weighted by molar-refractivity contribution is 0.976. The fourth-order valence-corrected chi connectivity index (χ4v) is 13.1. The van der Waals surface area contributed by atoms with Gasteiger partial charge >= 0.3 is 0 Å². The highest BCUT2D eigenvalue weighted by Gasteiger charge is 2.22. The van der Waals surface area contributed by atoms with Crippen LogP contribution in [0.1, 0.15) is 90.4 Å². The highest BCUT2D eigenvalue weighted by Crippen LogP contribution is 2.40. The van der Waals surface area contributed by atoms with Gasteiger partial charge in [-0.25, -0.2) is 0 Å². The van der Waals surface area contributed by atoms with Gasteiger partial charge in [0.15, 0.2) is 0 Å². The highest BCUT2D eigenvalue weighted by atomic mass is 14.3. The minimum absolute atomic E-state index is 0.0293. The van der Waals surface area contributed by atoms with Gasteiger partial charge in [0.1, 0.15) is 0 Å². The Labute approximate surface area is 519 Å². The number of hydrogen-bond acceptors (Lipinski definition) is 0. The van der Waals surface area contributed by atoms with Crippen LogP contribution in [0.4, 0.5) is 0 Å². The minimum Gasteiger partial charge on any atom is -0.0622 e. The van der Waals surface area contributed by atoms with Gasteiger partial charge in [0, 0.05) is 23.7 Å². The lowest BCUT2D eigenvalue weighted by Gasteiger charge is -2.21. The van der Waals surface area contributed by atoms with Crippen molar-refractivity contribution in [2.75, 3.05) is 0 Å². The van der Waals surface area contributed by atoms with Crippen LogP contribution in [0.2, 0.25) is 0 Å². The van der Waals surface area contributed by atoms with Crippen molar-refractivity contribution in [2.45, 2.75) is 23.7 Å². The normalized spacial score (nSPS) is 12.3. The quantitative estimate of drug-likeness (QED) is 0.0797. The van der Waals surface area contributed by atoms with Crippen molar-refractivity contribution in [3.8, 4) is 55.6 Å². The molecule has 0 N–H and O–H groups in total. The van der Waals surface area contributed by atoms with Crippen LogP contribution in [0.3, 0.4) is 0 Å². The third-order valence-electron chi connectivity index (χ3n) is 17.7. The van der Waals surface area contributed by atoms with E-state index in [2.05, 4.69) is 376 Å². The first kappa shape index (κ1) is 55.0. The summed E-state index contributed by atoms with van der Waals surface area (Å²) < 4.78 is 0. The van der Waals surface area contributed by atoms with Gasteiger partial charge in [0.2, 0.25) is 0 Å². The minimum atomic E-state index is 0.0293. The molecule has 0 nitrogen and oxygen atoms in total. The van der Waals surface area contributed by atoms with E-state index in [4.69, 9.17) is 0 Å². The van der Waals surface area contributed by atoms with E-state index in [0.29, 0.717) is 0 Å². The molecule has 0 saturated heterocycles. The fourth-order valence-electron chi connectivity index (χ4n) is 13.1. The Bertz CT molecular complexity index is 4430. The average molecular weight is 1120 g/mol. The van der Waals surface area contributed by atoms with Gasteiger partial charge in [0.25, 0.3) is 0 Å². The summed E-state index contributed by atoms with van der Waals surface area (Å²) in [5.41, 5.74) is 27.3. The van der Waals surface area contributed by atoms with Crippen molar-refractivity contribution in [2.24, 2.45) is 0 Å². The first-order valence-electron chi connectivity index (χ1n) is 30.7. The van der Waals surface area contributed by atoms with Gasteiger partial charge in [-0.15, -0.1) is 0 Å². The van der Waals surface area contributed by atoms with Crippen molar-refractivity contribution >= 4 is 0 Å². The summed E-state index contributed by atoms with van der Waals surface area (Å²) in [6.07, 6.45) is 0. The summed E-state index contributed by atoms with van der Waals surface area (Å²) in [4.78, 5) is 0. The van der Waals surface area contributed by atoms with Crippen LogP contribution in [0, 0.1) is 0 Å². The Kier molecular flexibility index (Phi) is 16.1. The maximum absolute atomic E-state index is 2.33. The molecular weight excluding hydrogens is 1060 g/mol. The molecule has 0 aliphatic heterocycles. The van der Waals surface area contributed by atoms with E-state index in [9.17, 15) is 0 Å². The molecule has 0 aliphatic rings. The third kappa shape index (κ3) is 12.0. The number of rotatable bonds is 17. The highest BCUT2D eigenvalue weighted by molar-refractivity contribution is 5.71. The van der Waals surface area contributed by atoms with Crippen LogP contribution in [0.15, 0.2) is 376 Å². The van der Waals surface area contributed by atoms with Crippen LogP contribution < -0.4 is 0 Å². The summed E-state index contributed by atoms with van der Waals surface area (Å²) in [5.74, 6) is 0.385. The molecule has 14 rings (SSSR count). The molecular formula is C88H66. The average Bonchev–Trinajstić information content (AvgIpc) is 3.73. The maximum Gasteiger partial charge on any atom is 0.0340 e. The first-order chi connectivity index (χ1) is 43.6. The fraction of sp³-hybridized carbons (Fsp3) is 0.0455. The van der Waals surface area contributed by atoms with E-state index in [1.807, 2.05) is 0 Å². The molecule has 418 valence electrons. The molecule has 0 radical (unpaired) electrons. The molecule has 0 fully saturated rings. The molecule has 0 aromatic heterocycles. The van der Waals surface area contributed by atoms with Gasteiger partial charge in [-0.05, 0) is 122 Å². The van der Waals surface area contributed by atoms with Crippen molar-refractivity contribution in [3.05, 3.63) is 443 Å². The van der Waals surface area contributed by atoms with Crippen LogP contribution in [0.5, 0.6) is 0 Å². The van der Waals surface area contributed by atoms with E-state index < -0.39 is 0 Å². The zero-order chi connectivity index (χ0) is 58.9. The van der Waals surface area contributed by atoms with Crippen molar-refractivity contribution in [3.63, 3.8) is 0 Å². The van der Waals surface area contributed by atoms with Crippen molar-refractivity contribution in [1.82, 2.24) is 0 Å². The third-order valence-corrected chi connectivity index (χ3v) is 17.7. The molecule has 0 heterocycles. The standard InChI is InChI=1S/C88H66/c1-7-19-63(20-8-1)65-31-47-78(48-32-65)86(75-27-15-5-16-28-75)79-53-39-69(40-54-79)71-43-59-83(60-44-71)88(82-49-33-66(34-50-82)64-21-9-2-10-22-64)84-61-45-72(46-62-84)70-41-57-81(58-42-70)87(76-29-17-6-18-30-76)80-55-37-68(38-56-80)67-35-51-77(52-36-67)85(73-23-11-3-12-24-73)74-25-13-4-14-26-74/h1-62,85-88H. The number of hydrogen-bond donors (Lipinski definition) is 0. The Hall–Kier alpha value is -10.9. The van der Waals surface area contributed by atoms with E-state index >= 15 is 0 Å². The van der Waals surface area contributed by atoms with E-state index in [1.54, 1.807) is 0 Å². The summed E-state index contributed by atoms with van der Waals surface area (Å²) >= 11 is 0. The van der Waals surface area contributed by atoms with Gasteiger partial charge in [-0.1, -0.05) is 376 Å². The predicted octanol–water partition coefficient (Wildman–Crippen LogP) is 22.7. The summed E-state index contributed by atoms with van der Waals surface area (Å²) in [6, 6.07) is 138. The van der Waals surface area contributed by atoms with Crippen molar-refractivity contribution < 1.29 is 0 Å². The van der Waals surface area contributed by atoms with Crippen LogP contribution in [-0.4, -0.2) is 0 Å². The van der Waals surface area contributed by atoms with E-state index in [0.717, 1.165) is 0 Å². The number of benzene rings is 14. The largest absolute Gasteiger partial charge is 0.0622 e. The first-order valence-corrected chi connectivity index (χ1v) is 30.7. The lowest BCUT2D eigenvalue weighted by atomic mass is 9.82. The van der Waals surface area contributed by atoms with Gasteiger partial charge < -0.3 is 0 Å². The van der Waals surface area contributed by atoms with Crippen LogP contribution in [-0.2, 0) is 0 Å². The van der Waals surface area contributed by atoms with Crippen molar-refractivity contribution in [1.29, 1.82) is 0 Å². The second-order valence-corrected chi connectivity index (χ2v) is 23.1. The molecule has 0 bridgehead atoms. The van der Waals surface area contributed by atoms with Gasteiger partial charge in [-0.2, -0.15) is 0 Å². The predicted molar refractivity (Wildman–Crippen MR) is 369 cm³/mol. The lowest BCUT2D eigenvalue weighted by Crippen LogP contribution is -2.04. The summed E-state index contributed by atoms with van der Waals surface area (Å²) in [7, 11) is 0. The molecule has 0 amide bonds. The summed E-state index contributed by atoms with van der Waals surface area (Å²) in [6.45, 7) is 0. The van der Waals surface area contributed by atoms with Crippen LogP contribution >= 0.6 is 0 Å². The van der Waals surface area contributed by atoms with Gasteiger partial charge in [-0.3, -0.25) is 0 Å². The molecule has 14 aromatic carbocycles. The maximum atomic E-state index is 2.33. The molecule has 0 heteroatoms. The van der Waals surface area contributed by atoms with E-state index in [-0.39, 0.29) is 23.7 Å². The molecule has 3 unspecified atom stereocenters. The molecule has 0 saturated carbocycles. The molecule has 0 spiro atoms. The zero-order valence-electron chi connectivity index (χ0n) is 49.1. The molecule has 14 aromatic rings. The molecule has 0 aliphatic carbocycles. The van der Waals surface area contributed by atoms with E-state index in [1.165, 1.54) is 122 Å². The molecule has 88 heavy (non-hydrogen) atoms. The second-order valence-electron chi connectivity index (χ2n) is 23.1. The summed E-state index contributed by atoms with van der Waals surface area (Å²) in [5, 5.41) is 0. The Morgan fingerprint density at radius 3 is 0.330 bits per heavy atom. The smallest absolute Gasteiger partial charge is 0.0340 e. The second kappa shape index (κ2) is 25.7. The Morgan fingerprint density at radius 2 is 0.193 bits per heavy atom. The zero-order valence-corrected chi connectivity index (χ0v) is 49.1. The molecule has 3 atom stereocenters.